The summed E-state index contributed by atoms with van der Waals surface area (Å²) in [7, 11) is -2.88. The lowest BCUT2D eigenvalue weighted by Gasteiger charge is -2.10. The Morgan fingerprint density at radius 1 is 1.19 bits per heavy atom. The maximum atomic E-state index is 13.2. The summed E-state index contributed by atoms with van der Waals surface area (Å²) in [6.07, 6.45) is -0.0971. The molecule has 1 aromatic carbocycles. The molecule has 0 spiro atoms. The summed E-state index contributed by atoms with van der Waals surface area (Å²) in [4.78, 5) is 11.7. The van der Waals surface area contributed by atoms with Crippen LogP contribution in [-0.2, 0) is 19.4 Å². The van der Waals surface area contributed by atoms with Crippen LogP contribution in [0.4, 0.5) is 4.39 Å². The molecule has 1 unspecified atom stereocenters. The summed E-state index contributed by atoms with van der Waals surface area (Å²) in [5, 5.41) is 10.3. The largest absolute Gasteiger partial charge is 0.467 e. The van der Waals surface area contributed by atoms with Gasteiger partial charge in [0.05, 0.1) is 23.2 Å². The minimum Gasteiger partial charge on any atom is -0.467 e. The summed E-state index contributed by atoms with van der Waals surface area (Å²) in [6.45, 7) is 1.50. The number of esters is 1. The van der Waals surface area contributed by atoms with Crippen molar-refractivity contribution in [2.24, 2.45) is 0 Å². The van der Waals surface area contributed by atoms with E-state index in [1.165, 1.54) is 23.5 Å². The van der Waals surface area contributed by atoms with Gasteiger partial charge in [-0.15, -0.1) is 0 Å². The molecule has 8 heteroatoms. The average Bonchev–Trinajstić information content (AvgIpc) is 2.93. The quantitative estimate of drug-likeness (QED) is 0.558. The van der Waals surface area contributed by atoms with E-state index in [2.05, 4.69) is 4.74 Å². The van der Waals surface area contributed by atoms with Crippen LogP contribution in [0.3, 0.4) is 0 Å². The number of ether oxygens (including phenoxy) is 1. The molecule has 26 heavy (non-hydrogen) atoms. The lowest BCUT2D eigenvalue weighted by atomic mass is 10.2. The predicted molar refractivity (Wildman–Crippen MR) is 91.0 cm³/mol. The SMILES string of the molecule is COC(=O)C(O)c1c(C)c(S(=O)(=O)c2ccc(F)cc2)c2ccccn12. The van der Waals surface area contributed by atoms with Gasteiger partial charge in [0.15, 0.2) is 6.10 Å². The van der Waals surface area contributed by atoms with E-state index in [9.17, 15) is 22.7 Å². The number of hydrogen-bond acceptors (Lipinski definition) is 5. The number of sulfone groups is 1. The number of carbonyl (C=O) groups is 1. The Labute approximate surface area is 149 Å². The van der Waals surface area contributed by atoms with Crippen molar-refractivity contribution < 1.29 is 27.4 Å². The van der Waals surface area contributed by atoms with Crippen molar-refractivity contribution in [2.45, 2.75) is 22.8 Å². The number of aromatic nitrogens is 1. The zero-order valence-electron chi connectivity index (χ0n) is 14.0. The number of pyridine rings is 1. The van der Waals surface area contributed by atoms with Crippen LogP contribution in [0, 0.1) is 12.7 Å². The van der Waals surface area contributed by atoms with Crippen molar-refractivity contribution in [1.82, 2.24) is 4.40 Å². The number of aliphatic hydroxyl groups is 1. The van der Waals surface area contributed by atoms with Crippen LogP contribution in [0.25, 0.3) is 5.52 Å². The van der Waals surface area contributed by atoms with E-state index in [0.29, 0.717) is 5.52 Å². The molecule has 0 bridgehead atoms. The first-order valence-electron chi connectivity index (χ1n) is 7.65. The van der Waals surface area contributed by atoms with Gasteiger partial charge in [0.1, 0.15) is 10.7 Å². The fraction of sp³-hybridized carbons (Fsp3) is 0.167. The molecule has 0 aliphatic heterocycles. The molecule has 2 heterocycles. The molecule has 1 N–H and O–H groups in total. The number of benzene rings is 1. The van der Waals surface area contributed by atoms with Gasteiger partial charge in [-0.2, -0.15) is 0 Å². The van der Waals surface area contributed by atoms with Gasteiger partial charge in [-0.1, -0.05) is 6.07 Å². The monoisotopic (exact) mass is 377 g/mol. The maximum Gasteiger partial charge on any atom is 0.340 e. The molecule has 3 aromatic rings. The lowest BCUT2D eigenvalue weighted by Crippen LogP contribution is -2.16. The van der Waals surface area contributed by atoms with Crippen molar-refractivity contribution in [3.05, 3.63) is 65.7 Å². The Bertz CT molecular complexity index is 1090. The van der Waals surface area contributed by atoms with Gasteiger partial charge < -0.3 is 14.2 Å². The van der Waals surface area contributed by atoms with E-state index in [-0.39, 0.29) is 21.0 Å². The third kappa shape index (κ3) is 2.77. The van der Waals surface area contributed by atoms with E-state index in [1.54, 1.807) is 24.4 Å². The third-order valence-corrected chi connectivity index (χ3v) is 6.10. The van der Waals surface area contributed by atoms with Crippen LogP contribution < -0.4 is 0 Å². The van der Waals surface area contributed by atoms with Gasteiger partial charge in [-0.3, -0.25) is 0 Å². The molecule has 0 aliphatic carbocycles. The minimum atomic E-state index is -4.01. The second kappa shape index (κ2) is 6.54. The number of nitrogens with zero attached hydrogens (tertiary/aromatic N) is 1. The first-order chi connectivity index (χ1) is 12.3. The highest BCUT2D eigenvalue weighted by Gasteiger charge is 2.32. The van der Waals surface area contributed by atoms with Crippen LogP contribution in [-0.4, -0.2) is 31.0 Å². The molecule has 0 radical (unpaired) electrons. The van der Waals surface area contributed by atoms with Gasteiger partial charge in [-0.25, -0.2) is 17.6 Å². The Morgan fingerprint density at radius 2 is 1.85 bits per heavy atom. The Kier molecular flexibility index (Phi) is 4.55. The van der Waals surface area contributed by atoms with Gasteiger partial charge in [0.2, 0.25) is 9.84 Å². The maximum absolute atomic E-state index is 13.2. The Hall–Kier alpha value is -2.71. The van der Waals surface area contributed by atoms with Crippen molar-refractivity contribution in [2.75, 3.05) is 7.11 Å². The summed E-state index contributed by atoms with van der Waals surface area (Å²) in [6, 6.07) is 9.33. The van der Waals surface area contributed by atoms with Crippen LogP contribution in [0.5, 0.6) is 0 Å². The molecule has 2 aromatic heterocycles. The lowest BCUT2D eigenvalue weighted by molar-refractivity contribution is -0.151. The van der Waals surface area contributed by atoms with Crippen LogP contribution in [0.1, 0.15) is 17.4 Å². The van der Waals surface area contributed by atoms with E-state index >= 15 is 0 Å². The topological polar surface area (TPSA) is 85.1 Å². The van der Waals surface area contributed by atoms with E-state index in [1.807, 2.05) is 0 Å². The van der Waals surface area contributed by atoms with Crippen LogP contribution >= 0.6 is 0 Å². The van der Waals surface area contributed by atoms with Gasteiger partial charge >= 0.3 is 5.97 Å². The summed E-state index contributed by atoms with van der Waals surface area (Å²) < 4.78 is 45.4. The second-order valence-electron chi connectivity index (χ2n) is 5.68. The van der Waals surface area contributed by atoms with E-state index < -0.39 is 27.7 Å². The molecule has 3 rings (SSSR count). The van der Waals surface area contributed by atoms with Crippen molar-refractivity contribution in [3.8, 4) is 0 Å². The standard InChI is InChI=1S/C18H16FNO5S/c1-11-15(16(21)18(22)25-2)20-10-4-3-5-14(20)17(11)26(23,24)13-8-6-12(19)7-9-13/h3-10,16,21H,1-2H3. The van der Waals surface area contributed by atoms with Crippen LogP contribution in [0.15, 0.2) is 58.5 Å². The van der Waals surface area contributed by atoms with Crippen molar-refractivity contribution >= 4 is 21.3 Å². The number of methoxy groups -OCH3 is 1. The fourth-order valence-corrected chi connectivity index (χ4v) is 4.64. The normalized spacial score (nSPS) is 12.9. The predicted octanol–water partition coefficient (Wildman–Crippen LogP) is 2.43. The summed E-state index contributed by atoms with van der Waals surface area (Å²) in [5.41, 5.74) is 0.624. The number of aliphatic hydroxyl groups excluding tert-OH is 1. The number of rotatable bonds is 4. The zero-order valence-corrected chi connectivity index (χ0v) is 14.8. The molecular formula is C18H16FNO5S. The number of hydrogen-bond donors (Lipinski definition) is 1. The summed E-state index contributed by atoms with van der Waals surface area (Å²) >= 11 is 0. The third-order valence-electron chi connectivity index (χ3n) is 4.15. The highest BCUT2D eigenvalue weighted by Crippen LogP contribution is 2.35. The van der Waals surface area contributed by atoms with Gasteiger partial charge in [0, 0.05) is 6.20 Å². The molecule has 0 aliphatic rings. The number of halogens is 1. The molecule has 0 saturated heterocycles. The molecule has 6 nitrogen and oxygen atoms in total. The smallest absolute Gasteiger partial charge is 0.340 e. The number of fused-ring (bicyclic) bond motifs is 1. The summed E-state index contributed by atoms with van der Waals surface area (Å²) in [5.74, 6) is -1.45. The Morgan fingerprint density at radius 3 is 2.46 bits per heavy atom. The molecule has 0 fully saturated rings. The molecule has 0 saturated carbocycles. The second-order valence-corrected chi connectivity index (χ2v) is 7.56. The first kappa shape index (κ1) is 18.1. The molecule has 0 amide bonds. The minimum absolute atomic E-state index is 0.0531. The highest BCUT2D eigenvalue weighted by molar-refractivity contribution is 7.91. The molecule has 136 valence electrons. The first-order valence-corrected chi connectivity index (χ1v) is 9.13. The highest BCUT2D eigenvalue weighted by atomic mass is 32.2. The fourth-order valence-electron chi connectivity index (χ4n) is 2.96. The van der Waals surface area contributed by atoms with Crippen LogP contribution in [0.2, 0.25) is 0 Å². The average molecular weight is 377 g/mol. The Balaban J connectivity index is 2.32. The zero-order chi connectivity index (χ0) is 19.1. The van der Waals surface area contributed by atoms with E-state index in [4.69, 9.17) is 0 Å². The molecule has 1 atom stereocenters. The van der Waals surface area contributed by atoms with Gasteiger partial charge in [-0.05, 0) is 48.9 Å². The molecular weight excluding hydrogens is 361 g/mol. The van der Waals surface area contributed by atoms with Crippen molar-refractivity contribution in [1.29, 1.82) is 0 Å². The van der Waals surface area contributed by atoms with E-state index in [0.717, 1.165) is 19.2 Å². The van der Waals surface area contributed by atoms with Crippen molar-refractivity contribution in [3.63, 3.8) is 0 Å². The number of carbonyl (C=O) groups excluding carboxylic acids is 1. The van der Waals surface area contributed by atoms with Gasteiger partial charge in [0.25, 0.3) is 0 Å².